The van der Waals surface area contributed by atoms with E-state index in [4.69, 9.17) is 0 Å². The number of carbonyl (C=O) groups is 1. The molecule has 1 aromatic heterocycles. The predicted octanol–water partition coefficient (Wildman–Crippen LogP) is 3.43. The Labute approximate surface area is 150 Å². The van der Waals surface area contributed by atoms with Crippen molar-refractivity contribution in [2.75, 3.05) is 18.0 Å². The zero-order chi connectivity index (χ0) is 16.4. The molecule has 0 aliphatic carbocycles. The van der Waals surface area contributed by atoms with Crippen molar-refractivity contribution >= 4 is 34.2 Å². The van der Waals surface area contributed by atoms with E-state index in [0.717, 1.165) is 13.1 Å². The first-order chi connectivity index (χ1) is 11.1. The summed E-state index contributed by atoms with van der Waals surface area (Å²) in [6, 6.07) is 14.3. The number of hydrogen-bond acceptors (Lipinski definition) is 3. The number of hydrogen-bond donors (Lipinski definition) is 0. The predicted molar refractivity (Wildman–Crippen MR) is 101 cm³/mol. The Morgan fingerprint density at radius 1 is 1.09 bits per heavy atom. The Morgan fingerprint density at radius 3 is 2.30 bits per heavy atom. The van der Waals surface area contributed by atoms with E-state index in [1.165, 1.54) is 9.26 Å². The molecular formula is C18H20IN3O. The molecule has 2 atom stereocenters. The molecule has 2 heterocycles. The summed E-state index contributed by atoms with van der Waals surface area (Å²) in [7, 11) is 0. The minimum Gasteiger partial charge on any atom is -0.367 e. The van der Waals surface area contributed by atoms with Gasteiger partial charge in [-0.05, 0) is 72.8 Å². The molecule has 3 rings (SSSR count). The van der Waals surface area contributed by atoms with E-state index in [1.54, 1.807) is 12.3 Å². The first-order valence-corrected chi connectivity index (χ1v) is 8.88. The first kappa shape index (κ1) is 16.2. The van der Waals surface area contributed by atoms with Gasteiger partial charge in [-0.1, -0.05) is 6.07 Å². The lowest BCUT2D eigenvalue weighted by molar-refractivity contribution is 0.0568. The molecule has 0 saturated carbocycles. The van der Waals surface area contributed by atoms with Gasteiger partial charge in [-0.2, -0.15) is 0 Å². The number of carbonyl (C=O) groups excluding carboxylic acids is 1. The third-order valence-electron chi connectivity index (χ3n) is 4.23. The van der Waals surface area contributed by atoms with Crippen LogP contribution in [0.5, 0.6) is 0 Å². The van der Waals surface area contributed by atoms with Crippen molar-refractivity contribution in [3.8, 4) is 0 Å². The number of benzene rings is 1. The maximum Gasteiger partial charge on any atom is 0.273 e. The van der Waals surface area contributed by atoms with Gasteiger partial charge >= 0.3 is 0 Å². The van der Waals surface area contributed by atoms with Crippen molar-refractivity contribution < 1.29 is 4.79 Å². The molecule has 0 N–H and O–H groups in total. The van der Waals surface area contributed by atoms with E-state index >= 15 is 0 Å². The Hall–Kier alpha value is -1.63. The van der Waals surface area contributed by atoms with Crippen LogP contribution in [0, 0.1) is 3.57 Å². The maximum atomic E-state index is 12.8. The fourth-order valence-electron chi connectivity index (χ4n) is 3.21. The molecule has 0 bridgehead atoms. The van der Waals surface area contributed by atoms with E-state index < -0.39 is 0 Å². The quantitative estimate of drug-likeness (QED) is 0.698. The van der Waals surface area contributed by atoms with Gasteiger partial charge in [0, 0.05) is 40.6 Å². The first-order valence-electron chi connectivity index (χ1n) is 7.80. The van der Waals surface area contributed by atoms with Crippen molar-refractivity contribution in [3.05, 3.63) is 57.9 Å². The Balaban J connectivity index is 1.77. The maximum absolute atomic E-state index is 12.8. The normalized spacial score (nSPS) is 21.3. The summed E-state index contributed by atoms with van der Waals surface area (Å²) in [6.45, 7) is 5.89. The number of nitrogens with zero attached hydrogens (tertiary/aromatic N) is 3. The Kier molecular flexibility index (Phi) is 4.84. The largest absolute Gasteiger partial charge is 0.367 e. The summed E-state index contributed by atoms with van der Waals surface area (Å²) in [4.78, 5) is 21.3. The van der Waals surface area contributed by atoms with Crippen LogP contribution in [0.3, 0.4) is 0 Å². The lowest BCUT2D eigenvalue weighted by Gasteiger charge is -2.45. The van der Waals surface area contributed by atoms with Gasteiger partial charge in [0.05, 0.1) is 0 Å². The Morgan fingerprint density at radius 2 is 1.74 bits per heavy atom. The highest BCUT2D eigenvalue weighted by Crippen LogP contribution is 2.24. The van der Waals surface area contributed by atoms with Crippen molar-refractivity contribution in [2.24, 2.45) is 0 Å². The van der Waals surface area contributed by atoms with Crippen LogP contribution >= 0.6 is 22.6 Å². The average molecular weight is 421 g/mol. The van der Waals surface area contributed by atoms with E-state index in [0.29, 0.717) is 5.69 Å². The molecular weight excluding hydrogens is 401 g/mol. The minimum absolute atomic E-state index is 0.0212. The number of aromatic nitrogens is 1. The molecule has 1 amide bonds. The zero-order valence-electron chi connectivity index (χ0n) is 13.3. The van der Waals surface area contributed by atoms with Crippen LogP contribution in [-0.2, 0) is 0 Å². The Bertz CT molecular complexity index is 662. The van der Waals surface area contributed by atoms with Crippen molar-refractivity contribution in [2.45, 2.75) is 25.9 Å². The number of piperazine rings is 1. The third-order valence-corrected chi connectivity index (χ3v) is 4.95. The van der Waals surface area contributed by atoms with Crippen LogP contribution in [0.2, 0.25) is 0 Å². The number of anilines is 1. The fourth-order valence-corrected chi connectivity index (χ4v) is 3.57. The van der Waals surface area contributed by atoms with E-state index in [2.05, 4.69) is 70.6 Å². The second-order valence-corrected chi connectivity index (χ2v) is 7.25. The molecule has 120 valence electrons. The molecule has 0 spiro atoms. The van der Waals surface area contributed by atoms with Gasteiger partial charge in [-0.25, -0.2) is 0 Å². The highest BCUT2D eigenvalue weighted by molar-refractivity contribution is 14.1. The fraction of sp³-hybridized carbons (Fsp3) is 0.333. The highest BCUT2D eigenvalue weighted by atomic mass is 127. The number of halogens is 1. The summed E-state index contributed by atoms with van der Waals surface area (Å²) >= 11 is 2.32. The SMILES string of the molecule is CC1CN(c2ccc(I)cc2)CC(C)N1C(=O)c1ccccn1. The number of pyridine rings is 1. The van der Waals surface area contributed by atoms with Gasteiger partial charge in [-0.15, -0.1) is 0 Å². The van der Waals surface area contributed by atoms with Crippen LogP contribution < -0.4 is 4.90 Å². The molecule has 2 aromatic rings. The number of amides is 1. The van der Waals surface area contributed by atoms with Crippen LogP contribution in [0.1, 0.15) is 24.3 Å². The monoisotopic (exact) mass is 421 g/mol. The molecule has 23 heavy (non-hydrogen) atoms. The second-order valence-electron chi connectivity index (χ2n) is 6.01. The van der Waals surface area contributed by atoms with Gasteiger partial charge in [0.1, 0.15) is 5.69 Å². The van der Waals surface area contributed by atoms with Crippen LogP contribution in [0.15, 0.2) is 48.7 Å². The molecule has 1 fully saturated rings. The lowest BCUT2D eigenvalue weighted by Crippen LogP contribution is -2.58. The average Bonchev–Trinajstić information content (AvgIpc) is 2.55. The zero-order valence-corrected chi connectivity index (χ0v) is 15.5. The molecule has 1 aliphatic rings. The molecule has 1 aliphatic heterocycles. The number of rotatable bonds is 2. The van der Waals surface area contributed by atoms with Gasteiger partial charge in [0.2, 0.25) is 0 Å². The smallest absolute Gasteiger partial charge is 0.273 e. The molecule has 5 heteroatoms. The van der Waals surface area contributed by atoms with E-state index in [9.17, 15) is 4.79 Å². The van der Waals surface area contributed by atoms with Gasteiger partial charge in [0.15, 0.2) is 0 Å². The molecule has 4 nitrogen and oxygen atoms in total. The van der Waals surface area contributed by atoms with E-state index in [1.807, 2.05) is 17.0 Å². The van der Waals surface area contributed by atoms with E-state index in [-0.39, 0.29) is 18.0 Å². The van der Waals surface area contributed by atoms with Crippen molar-refractivity contribution in [3.63, 3.8) is 0 Å². The third kappa shape index (κ3) is 3.49. The molecule has 1 saturated heterocycles. The van der Waals surface area contributed by atoms with Crippen molar-refractivity contribution in [1.82, 2.24) is 9.88 Å². The lowest BCUT2D eigenvalue weighted by atomic mass is 10.1. The summed E-state index contributed by atoms with van der Waals surface area (Å²) in [6.07, 6.45) is 1.67. The van der Waals surface area contributed by atoms with Gasteiger partial charge in [-0.3, -0.25) is 9.78 Å². The standard InChI is InChI=1S/C18H20IN3O/c1-13-11-21(16-8-6-15(19)7-9-16)12-14(2)22(13)18(23)17-5-3-4-10-20-17/h3-10,13-14H,11-12H2,1-2H3. The topological polar surface area (TPSA) is 36.4 Å². The van der Waals surface area contributed by atoms with Gasteiger partial charge in [0.25, 0.3) is 5.91 Å². The highest BCUT2D eigenvalue weighted by Gasteiger charge is 2.33. The minimum atomic E-state index is 0.0212. The second kappa shape index (κ2) is 6.86. The summed E-state index contributed by atoms with van der Waals surface area (Å²) in [5.41, 5.74) is 1.74. The van der Waals surface area contributed by atoms with Crippen LogP contribution in [0.4, 0.5) is 5.69 Å². The summed E-state index contributed by atoms with van der Waals surface area (Å²) < 4.78 is 1.23. The molecule has 0 radical (unpaired) electrons. The van der Waals surface area contributed by atoms with Crippen LogP contribution in [0.25, 0.3) is 0 Å². The van der Waals surface area contributed by atoms with Gasteiger partial charge < -0.3 is 9.80 Å². The summed E-state index contributed by atoms with van der Waals surface area (Å²) in [5.74, 6) is 0.0212. The van der Waals surface area contributed by atoms with Crippen molar-refractivity contribution in [1.29, 1.82) is 0 Å². The van der Waals surface area contributed by atoms with Crippen LogP contribution in [-0.4, -0.2) is 41.0 Å². The molecule has 1 aromatic carbocycles. The molecule has 2 unspecified atom stereocenters. The summed E-state index contributed by atoms with van der Waals surface area (Å²) in [5, 5.41) is 0.